The molecule has 6 heteroatoms. The van der Waals surface area contributed by atoms with Crippen LogP contribution in [0.3, 0.4) is 0 Å². The first-order valence-electron chi connectivity index (χ1n) is 8.23. The molecule has 0 bridgehead atoms. The summed E-state index contributed by atoms with van der Waals surface area (Å²) < 4.78 is 21.4. The Balaban J connectivity index is 1.61. The van der Waals surface area contributed by atoms with Crippen LogP contribution in [-0.2, 0) is 4.74 Å². The second-order valence-corrected chi connectivity index (χ2v) is 6.22. The first-order valence-corrected chi connectivity index (χ1v) is 8.23. The van der Waals surface area contributed by atoms with Gasteiger partial charge in [-0.15, -0.1) is 0 Å². The van der Waals surface area contributed by atoms with E-state index in [-0.39, 0.29) is 11.7 Å². The Labute approximate surface area is 144 Å². The third-order valence-corrected chi connectivity index (χ3v) is 4.51. The van der Waals surface area contributed by atoms with Gasteiger partial charge in [-0.05, 0) is 30.7 Å². The lowest BCUT2D eigenvalue weighted by Gasteiger charge is -2.33. The molecule has 1 aliphatic heterocycles. The standard InChI is InChI=1S/C19H18FN3O2/c1-13-6-7-23-17(10-13)15(11-21-23)19(24)22-8-9-25-18(12-22)14-4-2-3-5-16(14)20/h2-7,10-11,18H,8-9,12H2,1H3. The summed E-state index contributed by atoms with van der Waals surface area (Å²) in [4.78, 5) is 14.7. The fraction of sp³-hybridized carbons (Fsp3) is 0.263. The van der Waals surface area contributed by atoms with Gasteiger partial charge >= 0.3 is 0 Å². The van der Waals surface area contributed by atoms with Crippen LogP contribution in [0.2, 0.25) is 0 Å². The number of nitrogens with zero attached hydrogens (tertiary/aromatic N) is 3. The molecule has 0 spiro atoms. The number of hydrogen-bond acceptors (Lipinski definition) is 3. The molecule has 4 rings (SSSR count). The molecule has 25 heavy (non-hydrogen) atoms. The number of carbonyl (C=O) groups excluding carboxylic acids is 1. The molecule has 1 aliphatic rings. The first kappa shape index (κ1) is 15.8. The van der Waals surface area contributed by atoms with Crippen LogP contribution in [0.25, 0.3) is 5.52 Å². The van der Waals surface area contributed by atoms with Crippen molar-refractivity contribution in [2.45, 2.75) is 13.0 Å². The van der Waals surface area contributed by atoms with Crippen LogP contribution in [0.15, 0.2) is 48.8 Å². The maximum atomic E-state index is 14.0. The zero-order valence-corrected chi connectivity index (χ0v) is 13.9. The lowest BCUT2D eigenvalue weighted by atomic mass is 10.1. The van der Waals surface area contributed by atoms with Crippen molar-refractivity contribution in [3.05, 3.63) is 71.3 Å². The highest BCUT2D eigenvalue weighted by Gasteiger charge is 2.29. The smallest absolute Gasteiger partial charge is 0.257 e. The molecule has 0 radical (unpaired) electrons. The van der Waals surface area contributed by atoms with E-state index in [4.69, 9.17) is 4.74 Å². The van der Waals surface area contributed by atoms with Gasteiger partial charge < -0.3 is 9.64 Å². The maximum absolute atomic E-state index is 14.0. The van der Waals surface area contributed by atoms with Gasteiger partial charge in [-0.2, -0.15) is 5.10 Å². The Morgan fingerprint density at radius 2 is 2.16 bits per heavy atom. The SMILES string of the molecule is Cc1ccn2ncc(C(=O)N3CCOC(c4ccccc4F)C3)c2c1. The molecule has 2 aromatic heterocycles. The molecule has 3 heterocycles. The zero-order chi connectivity index (χ0) is 17.4. The van der Waals surface area contributed by atoms with Gasteiger partial charge in [-0.1, -0.05) is 18.2 Å². The average Bonchev–Trinajstić information content (AvgIpc) is 3.04. The van der Waals surface area contributed by atoms with Crippen molar-refractivity contribution < 1.29 is 13.9 Å². The van der Waals surface area contributed by atoms with E-state index in [1.165, 1.54) is 6.07 Å². The molecule has 0 saturated carbocycles. The number of aromatic nitrogens is 2. The number of morpholine rings is 1. The van der Waals surface area contributed by atoms with Crippen molar-refractivity contribution in [1.29, 1.82) is 0 Å². The highest BCUT2D eigenvalue weighted by Crippen LogP contribution is 2.26. The van der Waals surface area contributed by atoms with Crippen LogP contribution < -0.4 is 0 Å². The number of halogens is 1. The number of amides is 1. The zero-order valence-electron chi connectivity index (χ0n) is 13.9. The van der Waals surface area contributed by atoms with E-state index in [0.29, 0.717) is 30.8 Å². The monoisotopic (exact) mass is 339 g/mol. The predicted octanol–water partition coefficient (Wildman–Crippen LogP) is 3.00. The molecule has 128 valence electrons. The third-order valence-electron chi connectivity index (χ3n) is 4.51. The van der Waals surface area contributed by atoms with Crippen LogP contribution in [0.1, 0.15) is 27.6 Å². The van der Waals surface area contributed by atoms with Gasteiger partial charge in [-0.3, -0.25) is 4.79 Å². The lowest BCUT2D eigenvalue weighted by Crippen LogP contribution is -2.42. The van der Waals surface area contributed by atoms with Crippen molar-refractivity contribution >= 4 is 11.4 Å². The normalized spacial score (nSPS) is 17.8. The van der Waals surface area contributed by atoms with E-state index in [9.17, 15) is 9.18 Å². The fourth-order valence-electron chi connectivity index (χ4n) is 3.18. The summed E-state index contributed by atoms with van der Waals surface area (Å²) >= 11 is 0. The molecule has 1 unspecified atom stereocenters. The second kappa shape index (κ2) is 6.29. The summed E-state index contributed by atoms with van der Waals surface area (Å²) in [6.07, 6.45) is 2.97. The minimum Gasteiger partial charge on any atom is -0.370 e. The minimum absolute atomic E-state index is 0.106. The van der Waals surface area contributed by atoms with E-state index in [2.05, 4.69) is 5.10 Å². The molecule has 1 saturated heterocycles. The summed E-state index contributed by atoms with van der Waals surface area (Å²) in [6, 6.07) is 10.4. The van der Waals surface area contributed by atoms with Gasteiger partial charge in [0.25, 0.3) is 5.91 Å². The van der Waals surface area contributed by atoms with E-state index in [0.717, 1.165) is 11.1 Å². The first-order chi connectivity index (χ1) is 12.1. The van der Waals surface area contributed by atoms with Gasteiger partial charge in [0.2, 0.25) is 0 Å². The summed E-state index contributed by atoms with van der Waals surface area (Å²) in [5, 5.41) is 4.24. The largest absolute Gasteiger partial charge is 0.370 e. The van der Waals surface area contributed by atoms with Crippen LogP contribution in [0.5, 0.6) is 0 Å². The van der Waals surface area contributed by atoms with Crippen LogP contribution >= 0.6 is 0 Å². The van der Waals surface area contributed by atoms with E-state index in [1.807, 2.05) is 25.3 Å². The van der Waals surface area contributed by atoms with Crippen LogP contribution in [0.4, 0.5) is 4.39 Å². The second-order valence-electron chi connectivity index (χ2n) is 6.22. The van der Waals surface area contributed by atoms with Gasteiger partial charge in [0.05, 0.1) is 30.4 Å². The van der Waals surface area contributed by atoms with Crippen molar-refractivity contribution in [1.82, 2.24) is 14.5 Å². The number of ether oxygens (including phenoxy) is 1. The highest BCUT2D eigenvalue weighted by atomic mass is 19.1. The topological polar surface area (TPSA) is 46.8 Å². The number of pyridine rings is 1. The maximum Gasteiger partial charge on any atom is 0.257 e. The molecule has 5 nitrogen and oxygen atoms in total. The Kier molecular flexibility index (Phi) is 3.97. The number of benzene rings is 1. The Morgan fingerprint density at radius 3 is 3.00 bits per heavy atom. The Bertz CT molecular complexity index is 937. The highest BCUT2D eigenvalue weighted by molar-refractivity contribution is 6.00. The van der Waals surface area contributed by atoms with Gasteiger partial charge in [-0.25, -0.2) is 8.91 Å². The summed E-state index contributed by atoms with van der Waals surface area (Å²) in [7, 11) is 0. The van der Waals surface area contributed by atoms with Crippen LogP contribution in [-0.4, -0.2) is 40.1 Å². The predicted molar refractivity (Wildman–Crippen MR) is 90.9 cm³/mol. The summed E-state index contributed by atoms with van der Waals surface area (Å²) in [5.41, 5.74) is 2.88. The molecule has 1 aromatic carbocycles. The van der Waals surface area contributed by atoms with Gasteiger partial charge in [0, 0.05) is 18.3 Å². The fourth-order valence-corrected chi connectivity index (χ4v) is 3.18. The number of fused-ring (bicyclic) bond motifs is 1. The van der Waals surface area contributed by atoms with Crippen molar-refractivity contribution in [2.75, 3.05) is 19.7 Å². The molecular formula is C19H18FN3O2. The molecule has 1 atom stereocenters. The molecule has 3 aromatic rings. The van der Waals surface area contributed by atoms with Crippen molar-refractivity contribution in [2.24, 2.45) is 0 Å². The average molecular weight is 339 g/mol. The van der Waals surface area contributed by atoms with Crippen molar-refractivity contribution in [3.8, 4) is 0 Å². The Hall–Kier alpha value is -2.73. The number of rotatable bonds is 2. The molecule has 1 fully saturated rings. The number of carbonyl (C=O) groups is 1. The summed E-state index contributed by atoms with van der Waals surface area (Å²) in [5.74, 6) is -0.418. The van der Waals surface area contributed by atoms with Crippen LogP contribution in [0, 0.1) is 12.7 Å². The molecule has 0 aliphatic carbocycles. The van der Waals surface area contributed by atoms with E-state index < -0.39 is 6.10 Å². The van der Waals surface area contributed by atoms with E-state index in [1.54, 1.807) is 33.8 Å². The Morgan fingerprint density at radius 1 is 1.32 bits per heavy atom. The quantitative estimate of drug-likeness (QED) is 0.721. The van der Waals surface area contributed by atoms with Gasteiger partial charge in [0.1, 0.15) is 11.9 Å². The number of aryl methyl sites for hydroxylation is 1. The third kappa shape index (κ3) is 2.89. The summed E-state index contributed by atoms with van der Waals surface area (Å²) in [6.45, 7) is 3.16. The van der Waals surface area contributed by atoms with E-state index >= 15 is 0 Å². The molecule has 0 N–H and O–H groups in total. The van der Waals surface area contributed by atoms with Crippen molar-refractivity contribution in [3.63, 3.8) is 0 Å². The number of hydrogen-bond donors (Lipinski definition) is 0. The minimum atomic E-state index is -0.456. The van der Waals surface area contributed by atoms with Gasteiger partial charge in [0.15, 0.2) is 0 Å². The molecular weight excluding hydrogens is 321 g/mol. The molecule has 1 amide bonds. The lowest BCUT2D eigenvalue weighted by molar-refractivity contribution is -0.0242.